The van der Waals surface area contributed by atoms with Crippen LogP contribution in [0.15, 0.2) is 18.6 Å². The van der Waals surface area contributed by atoms with E-state index in [1.165, 1.54) is 0 Å². The Hall–Kier alpha value is -1.57. The molecule has 0 bridgehead atoms. The van der Waals surface area contributed by atoms with Crippen LogP contribution in [0.3, 0.4) is 0 Å². The molecule has 2 aromatic heterocycles. The van der Waals surface area contributed by atoms with Crippen LogP contribution in [0, 0.1) is 0 Å². The molecule has 0 aliphatic carbocycles. The topological polar surface area (TPSA) is 34.0 Å². The maximum absolute atomic E-state index is 12.6. The molecule has 20 heavy (non-hydrogen) atoms. The van der Waals surface area contributed by atoms with Gasteiger partial charge in [0.1, 0.15) is 4.88 Å². The highest BCUT2D eigenvalue weighted by molar-refractivity contribution is 7.15. The molecule has 8 heteroatoms. The summed E-state index contributed by atoms with van der Waals surface area (Å²) in [7, 11) is 1.85. The van der Waals surface area contributed by atoms with E-state index in [1.54, 1.807) is 4.68 Å². The van der Waals surface area contributed by atoms with Crippen LogP contribution >= 0.6 is 11.3 Å². The van der Waals surface area contributed by atoms with Crippen molar-refractivity contribution in [3.05, 3.63) is 29.0 Å². The first kappa shape index (κ1) is 13.4. The van der Waals surface area contributed by atoms with Crippen molar-refractivity contribution in [1.29, 1.82) is 0 Å². The monoisotopic (exact) mass is 302 g/mol. The molecule has 0 unspecified atom stereocenters. The van der Waals surface area contributed by atoms with Gasteiger partial charge in [-0.25, -0.2) is 4.98 Å². The van der Waals surface area contributed by atoms with Gasteiger partial charge in [0.25, 0.3) is 0 Å². The fourth-order valence-corrected chi connectivity index (χ4v) is 3.22. The average Bonchev–Trinajstić information content (AvgIpc) is 3.06. The number of hydrogen-bond donors (Lipinski definition) is 0. The number of halogens is 3. The van der Waals surface area contributed by atoms with Gasteiger partial charge in [0, 0.05) is 32.3 Å². The third-order valence-corrected chi connectivity index (χ3v) is 4.53. The Balaban J connectivity index is 1.72. The van der Waals surface area contributed by atoms with Crippen LogP contribution in [0.5, 0.6) is 0 Å². The van der Waals surface area contributed by atoms with Crippen molar-refractivity contribution in [2.45, 2.75) is 18.5 Å². The average molecular weight is 302 g/mol. The van der Waals surface area contributed by atoms with Crippen LogP contribution in [0.4, 0.5) is 18.3 Å². The lowest BCUT2D eigenvalue weighted by Crippen LogP contribution is -2.18. The SMILES string of the molecule is Cn1cc([C@@H]2CCN(c3ncc(C(F)(F)F)s3)C2)cn1. The molecule has 0 N–H and O–H groups in total. The maximum Gasteiger partial charge on any atom is 0.427 e. The van der Waals surface area contributed by atoms with E-state index in [2.05, 4.69) is 10.1 Å². The number of anilines is 1. The molecule has 0 radical (unpaired) electrons. The number of aryl methyl sites for hydroxylation is 1. The van der Waals surface area contributed by atoms with Crippen molar-refractivity contribution in [2.24, 2.45) is 7.05 Å². The molecule has 0 amide bonds. The molecule has 1 aliphatic heterocycles. The van der Waals surface area contributed by atoms with E-state index >= 15 is 0 Å². The van der Waals surface area contributed by atoms with Crippen LogP contribution in [0.25, 0.3) is 0 Å². The Bertz CT molecular complexity index is 604. The van der Waals surface area contributed by atoms with Gasteiger partial charge in [-0.1, -0.05) is 11.3 Å². The number of alkyl halides is 3. The number of thiazole rings is 1. The minimum atomic E-state index is -4.31. The third kappa shape index (κ3) is 2.52. The summed E-state index contributed by atoms with van der Waals surface area (Å²) in [5.74, 6) is 0.307. The highest BCUT2D eigenvalue weighted by atomic mass is 32.1. The van der Waals surface area contributed by atoms with E-state index in [-0.39, 0.29) is 0 Å². The third-order valence-electron chi connectivity index (χ3n) is 3.43. The van der Waals surface area contributed by atoms with Crippen molar-refractivity contribution in [3.63, 3.8) is 0 Å². The highest BCUT2D eigenvalue weighted by Gasteiger charge is 2.35. The number of hydrogen-bond acceptors (Lipinski definition) is 4. The summed E-state index contributed by atoms with van der Waals surface area (Å²) in [6.07, 6.45) is 1.29. The molecule has 0 saturated carbocycles. The molecule has 3 heterocycles. The van der Waals surface area contributed by atoms with E-state index in [1.807, 2.05) is 24.3 Å². The van der Waals surface area contributed by atoms with Gasteiger partial charge in [0.05, 0.1) is 12.4 Å². The number of nitrogens with zero attached hydrogens (tertiary/aromatic N) is 4. The Morgan fingerprint density at radius 3 is 2.75 bits per heavy atom. The first-order chi connectivity index (χ1) is 9.43. The zero-order valence-electron chi connectivity index (χ0n) is 10.8. The molecule has 0 aromatic carbocycles. The minimum Gasteiger partial charge on any atom is -0.347 e. The van der Waals surface area contributed by atoms with Gasteiger partial charge < -0.3 is 4.90 Å². The van der Waals surface area contributed by atoms with Gasteiger partial charge in [-0.15, -0.1) is 0 Å². The zero-order valence-corrected chi connectivity index (χ0v) is 11.6. The lowest BCUT2D eigenvalue weighted by atomic mass is 10.0. The summed E-state index contributed by atoms with van der Waals surface area (Å²) < 4.78 is 39.5. The smallest absolute Gasteiger partial charge is 0.347 e. The van der Waals surface area contributed by atoms with Crippen molar-refractivity contribution in [1.82, 2.24) is 14.8 Å². The lowest BCUT2D eigenvalue weighted by Gasteiger charge is -2.14. The Morgan fingerprint density at radius 2 is 2.15 bits per heavy atom. The summed E-state index contributed by atoms with van der Waals surface area (Å²) in [5.41, 5.74) is 1.13. The molecule has 1 saturated heterocycles. The molecule has 4 nitrogen and oxygen atoms in total. The lowest BCUT2D eigenvalue weighted by molar-refractivity contribution is -0.134. The second-order valence-electron chi connectivity index (χ2n) is 4.88. The van der Waals surface area contributed by atoms with Gasteiger partial charge in [-0.3, -0.25) is 4.68 Å². The summed E-state index contributed by atoms with van der Waals surface area (Å²) >= 11 is 0.709. The predicted molar refractivity (Wildman–Crippen MR) is 69.9 cm³/mol. The maximum atomic E-state index is 12.6. The predicted octanol–water partition coefficient (Wildman–Crippen LogP) is 2.89. The molecular formula is C12H13F3N4S. The van der Waals surface area contributed by atoms with Crippen LogP contribution < -0.4 is 4.90 Å². The molecule has 108 valence electrons. The first-order valence-electron chi connectivity index (χ1n) is 6.20. The minimum absolute atomic E-state index is 0.307. The molecule has 1 aliphatic rings. The highest BCUT2D eigenvalue weighted by Crippen LogP contribution is 2.38. The number of aromatic nitrogens is 3. The Labute approximate surface area is 117 Å². The molecular weight excluding hydrogens is 289 g/mol. The quantitative estimate of drug-likeness (QED) is 0.855. The van der Waals surface area contributed by atoms with Gasteiger partial charge >= 0.3 is 6.18 Å². The van der Waals surface area contributed by atoms with Gasteiger partial charge in [-0.05, 0) is 12.0 Å². The molecule has 1 atom stereocenters. The van der Waals surface area contributed by atoms with Crippen molar-refractivity contribution in [3.8, 4) is 0 Å². The van der Waals surface area contributed by atoms with Crippen LogP contribution in [-0.2, 0) is 13.2 Å². The van der Waals surface area contributed by atoms with Crippen LogP contribution in [0.1, 0.15) is 22.8 Å². The summed E-state index contributed by atoms with van der Waals surface area (Å²) in [5, 5.41) is 4.58. The van der Waals surface area contributed by atoms with Crippen molar-refractivity contribution < 1.29 is 13.2 Å². The van der Waals surface area contributed by atoms with Crippen molar-refractivity contribution >= 4 is 16.5 Å². The van der Waals surface area contributed by atoms with E-state index in [9.17, 15) is 13.2 Å². The van der Waals surface area contributed by atoms with Gasteiger partial charge in [0.15, 0.2) is 5.13 Å². The molecule has 3 rings (SSSR count). The Kier molecular flexibility index (Phi) is 3.19. The summed E-state index contributed by atoms with van der Waals surface area (Å²) in [6.45, 7) is 1.42. The summed E-state index contributed by atoms with van der Waals surface area (Å²) in [6, 6.07) is 0. The normalized spacial score (nSPS) is 19.8. The fourth-order valence-electron chi connectivity index (χ4n) is 2.40. The zero-order chi connectivity index (χ0) is 14.3. The van der Waals surface area contributed by atoms with E-state index in [4.69, 9.17) is 0 Å². The van der Waals surface area contributed by atoms with E-state index < -0.39 is 11.1 Å². The largest absolute Gasteiger partial charge is 0.427 e. The van der Waals surface area contributed by atoms with Crippen LogP contribution in [0.2, 0.25) is 0 Å². The number of rotatable bonds is 2. The molecule has 0 spiro atoms. The standard InChI is InChI=1S/C12H13F3N4S/c1-18-6-9(4-17-18)8-2-3-19(7-8)11-16-5-10(20-11)12(13,14)15/h4-6,8H,2-3,7H2,1H3/t8-/m1/s1. The molecule has 2 aromatic rings. The van der Waals surface area contributed by atoms with Gasteiger partial charge in [-0.2, -0.15) is 18.3 Å². The van der Waals surface area contributed by atoms with E-state index in [0.717, 1.165) is 24.7 Å². The van der Waals surface area contributed by atoms with Gasteiger partial charge in [0.2, 0.25) is 0 Å². The molecule has 1 fully saturated rings. The second kappa shape index (κ2) is 4.76. The van der Waals surface area contributed by atoms with E-state index in [0.29, 0.717) is 28.9 Å². The first-order valence-corrected chi connectivity index (χ1v) is 7.01. The van der Waals surface area contributed by atoms with Crippen molar-refractivity contribution in [2.75, 3.05) is 18.0 Å². The fraction of sp³-hybridized carbons (Fsp3) is 0.500. The Morgan fingerprint density at radius 1 is 1.35 bits per heavy atom. The second-order valence-corrected chi connectivity index (χ2v) is 5.89. The van der Waals surface area contributed by atoms with Crippen LogP contribution in [-0.4, -0.2) is 27.9 Å². The summed E-state index contributed by atoms with van der Waals surface area (Å²) in [4.78, 5) is 5.17.